The molecule has 0 saturated carbocycles. The van der Waals surface area contributed by atoms with Gasteiger partial charge in [0.2, 0.25) is 5.75 Å². The number of nitro benzene ring substituents is 1. The number of carboxylic acid groups (broad SMARTS) is 1. The first-order chi connectivity index (χ1) is 8.99. The molecule has 1 saturated heterocycles. The maximum atomic E-state index is 11.0. The number of carboxylic acids is 1. The van der Waals surface area contributed by atoms with Crippen LogP contribution in [0.3, 0.4) is 0 Å². The minimum atomic E-state index is -1.37. The minimum Gasteiger partial charge on any atom is -0.501 e. The number of phenols is 1. The summed E-state index contributed by atoms with van der Waals surface area (Å²) in [5.74, 6) is -2.16. The highest BCUT2D eigenvalue weighted by Gasteiger charge is 2.24. The maximum Gasteiger partial charge on any atom is 0.339 e. The van der Waals surface area contributed by atoms with Crippen LogP contribution in [0.1, 0.15) is 28.8 Å². The van der Waals surface area contributed by atoms with Crippen molar-refractivity contribution in [2.45, 2.75) is 19.4 Å². The van der Waals surface area contributed by atoms with Crippen molar-refractivity contribution in [3.05, 3.63) is 33.4 Å². The molecule has 19 heavy (non-hydrogen) atoms. The third-order valence-electron chi connectivity index (χ3n) is 3.18. The molecule has 0 amide bonds. The Labute approximate surface area is 109 Å². The van der Waals surface area contributed by atoms with Gasteiger partial charge in [-0.3, -0.25) is 15.0 Å². The summed E-state index contributed by atoms with van der Waals surface area (Å²) in [6.45, 7) is 2.26. The second kappa shape index (κ2) is 5.23. The predicted octanol–water partition coefficient (Wildman–Crippen LogP) is 1.59. The number of likely N-dealkylation sites (tertiary alicyclic amines) is 1. The summed E-state index contributed by atoms with van der Waals surface area (Å²) in [5, 5.41) is 29.4. The van der Waals surface area contributed by atoms with Crippen LogP contribution in [0.5, 0.6) is 5.75 Å². The summed E-state index contributed by atoms with van der Waals surface area (Å²) in [6.07, 6.45) is 2.15. The van der Waals surface area contributed by atoms with Crippen LogP contribution < -0.4 is 0 Å². The van der Waals surface area contributed by atoms with E-state index in [4.69, 9.17) is 5.11 Å². The fourth-order valence-electron chi connectivity index (χ4n) is 2.27. The number of hydrogen-bond donors (Lipinski definition) is 2. The van der Waals surface area contributed by atoms with Gasteiger partial charge in [0.1, 0.15) is 5.56 Å². The number of carbonyl (C=O) groups is 1. The lowest BCUT2D eigenvalue weighted by molar-refractivity contribution is -0.386. The molecule has 0 radical (unpaired) electrons. The largest absolute Gasteiger partial charge is 0.501 e. The zero-order valence-electron chi connectivity index (χ0n) is 10.2. The molecule has 7 heteroatoms. The summed E-state index contributed by atoms with van der Waals surface area (Å²) >= 11 is 0. The van der Waals surface area contributed by atoms with Gasteiger partial charge >= 0.3 is 11.7 Å². The normalized spacial score (nSPS) is 15.6. The summed E-state index contributed by atoms with van der Waals surface area (Å²) in [4.78, 5) is 23.1. The second-order valence-corrected chi connectivity index (χ2v) is 4.56. The van der Waals surface area contributed by atoms with E-state index in [1.165, 1.54) is 12.1 Å². The zero-order chi connectivity index (χ0) is 14.0. The number of benzene rings is 1. The van der Waals surface area contributed by atoms with Crippen LogP contribution >= 0.6 is 0 Å². The highest BCUT2D eigenvalue weighted by Crippen LogP contribution is 2.32. The molecule has 2 N–H and O–H groups in total. The third-order valence-corrected chi connectivity index (χ3v) is 3.18. The topological polar surface area (TPSA) is 104 Å². The molecule has 1 aromatic rings. The Balaban J connectivity index is 2.37. The maximum absolute atomic E-state index is 11.0. The van der Waals surface area contributed by atoms with Gasteiger partial charge in [0.05, 0.1) is 4.92 Å². The van der Waals surface area contributed by atoms with Crippen LogP contribution in [0.2, 0.25) is 0 Å². The Morgan fingerprint density at radius 1 is 1.37 bits per heavy atom. The number of aromatic carboxylic acids is 1. The molecule has 0 atom stereocenters. The first-order valence-corrected chi connectivity index (χ1v) is 5.95. The Morgan fingerprint density at radius 2 is 2.00 bits per heavy atom. The molecule has 0 aromatic heterocycles. The minimum absolute atomic E-state index is 0.427. The number of aromatic hydroxyl groups is 1. The van der Waals surface area contributed by atoms with Crippen molar-refractivity contribution >= 4 is 11.7 Å². The van der Waals surface area contributed by atoms with Gasteiger partial charge in [-0.2, -0.15) is 0 Å². The SMILES string of the molecule is O=C(O)c1cc(CN2CCCC2)cc([N+](=O)[O-])c1O. The number of nitro groups is 1. The molecule has 0 spiro atoms. The van der Waals surface area contributed by atoms with Crippen LogP contribution in [0.15, 0.2) is 12.1 Å². The molecule has 1 aliphatic rings. The Bertz CT molecular complexity index is 488. The average molecular weight is 266 g/mol. The molecule has 102 valence electrons. The quantitative estimate of drug-likeness (QED) is 0.633. The van der Waals surface area contributed by atoms with Crippen LogP contribution in [-0.4, -0.2) is 39.1 Å². The Hall–Kier alpha value is -2.15. The van der Waals surface area contributed by atoms with E-state index in [2.05, 4.69) is 4.90 Å². The van der Waals surface area contributed by atoms with Crippen molar-refractivity contribution < 1.29 is 19.9 Å². The standard InChI is InChI=1S/C12H14N2O5/c15-11-9(12(16)17)5-8(6-10(11)14(18)19)7-13-3-1-2-4-13/h5-6,15H,1-4,7H2,(H,16,17). The van der Waals surface area contributed by atoms with Crippen molar-refractivity contribution in [2.24, 2.45) is 0 Å². The smallest absolute Gasteiger partial charge is 0.339 e. The van der Waals surface area contributed by atoms with E-state index in [9.17, 15) is 20.0 Å². The third kappa shape index (κ3) is 2.82. The average Bonchev–Trinajstić information content (AvgIpc) is 2.83. The summed E-state index contributed by atoms with van der Waals surface area (Å²) < 4.78 is 0. The van der Waals surface area contributed by atoms with Gasteiger partial charge in [0.15, 0.2) is 0 Å². The molecular weight excluding hydrogens is 252 g/mol. The Kier molecular flexibility index (Phi) is 3.66. The van der Waals surface area contributed by atoms with Crippen LogP contribution in [-0.2, 0) is 6.54 Å². The molecule has 1 aliphatic heterocycles. The molecule has 1 heterocycles. The van der Waals surface area contributed by atoms with Crippen molar-refractivity contribution in [2.75, 3.05) is 13.1 Å². The van der Waals surface area contributed by atoms with Gasteiger partial charge in [-0.1, -0.05) is 0 Å². The highest BCUT2D eigenvalue weighted by molar-refractivity contribution is 5.92. The summed E-state index contributed by atoms with van der Waals surface area (Å²) in [6, 6.07) is 2.53. The molecule has 1 fully saturated rings. The summed E-state index contributed by atoms with van der Waals surface area (Å²) in [5.41, 5.74) is -0.457. The first-order valence-electron chi connectivity index (χ1n) is 5.95. The molecule has 1 aromatic carbocycles. The number of nitrogens with zero attached hydrogens (tertiary/aromatic N) is 2. The van der Waals surface area contributed by atoms with Crippen molar-refractivity contribution in [3.8, 4) is 5.75 Å². The van der Waals surface area contributed by atoms with Gasteiger partial charge in [-0.05, 0) is 37.6 Å². The van der Waals surface area contributed by atoms with E-state index in [-0.39, 0.29) is 0 Å². The fourth-order valence-corrected chi connectivity index (χ4v) is 2.27. The van der Waals surface area contributed by atoms with E-state index >= 15 is 0 Å². The Morgan fingerprint density at radius 3 is 2.53 bits per heavy atom. The second-order valence-electron chi connectivity index (χ2n) is 4.56. The van der Waals surface area contributed by atoms with Crippen LogP contribution in [0.25, 0.3) is 0 Å². The van der Waals surface area contributed by atoms with Crippen molar-refractivity contribution in [1.29, 1.82) is 0 Å². The van der Waals surface area contributed by atoms with Gasteiger partial charge < -0.3 is 10.2 Å². The number of rotatable bonds is 4. The summed E-state index contributed by atoms with van der Waals surface area (Å²) in [7, 11) is 0. The zero-order valence-corrected chi connectivity index (χ0v) is 10.2. The number of hydrogen-bond acceptors (Lipinski definition) is 5. The first kappa shape index (κ1) is 13.3. The molecule has 0 bridgehead atoms. The van der Waals surface area contributed by atoms with E-state index in [1.807, 2.05) is 0 Å². The predicted molar refractivity (Wildman–Crippen MR) is 66.2 cm³/mol. The van der Waals surface area contributed by atoms with E-state index in [0.29, 0.717) is 12.1 Å². The monoisotopic (exact) mass is 266 g/mol. The van der Waals surface area contributed by atoms with E-state index in [1.54, 1.807) is 0 Å². The molecule has 0 aliphatic carbocycles. The van der Waals surface area contributed by atoms with Crippen LogP contribution in [0.4, 0.5) is 5.69 Å². The van der Waals surface area contributed by atoms with Crippen molar-refractivity contribution in [1.82, 2.24) is 4.90 Å². The molecule has 7 nitrogen and oxygen atoms in total. The molecule has 2 rings (SSSR count). The highest BCUT2D eigenvalue weighted by atomic mass is 16.6. The van der Waals surface area contributed by atoms with Crippen LogP contribution in [0, 0.1) is 10.1 Å². The molecular formula is C12H14N2O5. The van der Waals surface area contributed by atoms with Gasteiger partial charge in [-0.15, -0.1) is 0 Å². The van der Waals surface area contributed by atoms with Gasteiger partial charge in [-0.25, -0.2) is 4.79 Å². The molecule has 0 unspecified atom stereocenters. The van der Waals surface area contributed by atoms with Gasteiger partial charge in [0.25, 0.3) is 0 Å². The lowest BCUT2D eigenvalue weighted by Gasteiger charge is -2.15. The van der Waals surface area contributed by atoms with Gasteiger partial charge in [0, 0.05) is 12.6 Å². The van der Waals surface area contributed by atoms with E-state index < -0.39 is 27.9 Å². The lowest BCUT2D eigenvalue weighted by atomic mass is 10.1. The van der Waals surface area contributed by atoms with Crippen molar-refractivity contribution in [3.63, 3.8) is 0 Å². The van der Waals surface area contributed by atoms with E-state index in [0.717, 1.165) is 25.9 Å². The fraction of sp³-hybridized carbons (Fsp3) is 0.417. The lowest BCUT2D eigenvalue weighted by Crippen LogP contribution is -2.18.